The van der Waals surface area contributed by atoms with Crippen LogP contribution in [0.5, 0.6) is 0 Å². The van der Waals surface area contributed by atoms with E-state index in [0.717, 1.165) is 38.7 Å². The minimum atomic E-state index is 0.697. The fourth-order valence-corrected chi connectivity index (χ4v) is 2.83. The third kappa shape index (κ3) is 3.38. The molecule has 3 rings (SSSR count). The van der Waals surface area contributed by atoms with Gasteiger partial charge in [-0.2, -0.15) is 0 Å². The fourth-order valence-electron chi connectivity index (χ4n) is 2.14. The molecule has 0 spiro atoms. The first-order valence-electron chi connectivity index (χ1n) is 7.44. The molecule has 3 aromatic rings. The largest absolute Gasteiger partial charge is 0.404 e. The number of anilines is 2. The van der Waals surface area contributed by atoms with E-state index in [2.05, 4.69) is 30.5 Å². The van der Waals surface area contributed by atoms with Gasteiger partial charge in [-0.3, -0.25) is 9.98 Å². The van der Waals surface area contributed by atoms with Crippen LogP contribution < -0.4 is 11.1 Å². The molecule has 0 aromatic carbocycles. The maximum Gasteiger partial charge on any atom is 0.211 e. The topological polar surface area (TPSA) is 102 Å². The van der Waals surface area contributed by atoms with Crippen LogP contribution in [0.1, 0.15) is 17.5 Å². The van der Waals surface area contributed by atoms with Crippen LogP contribution >= 0.6 is 11.3 Å². The number of aromatic nitrogens is 4. The Morgan fingerprint density at radius 1 is 1.33 bits per heavy atom. The average molecular weight is 339 g/mol. The molecule has 0 aliphatic carbocycles. The molecule has 7 nitrogen and oxygen atoms in total. The number of aliphatic imine (C=N–C) groups is 1. The number of rotatable bonds is 5. The van der Waals surface area contributed by atoms with Gasteiger partial charge in [0.2, 0.25) is 5.13 Å². The van der Waals surface area contributed by atoms with Gasteiger partial charge in [0.15, 0.2) is 0 Å². The number of nitrogens with two attached hydrogens (primary N) is 1. The quantitative estimate of drug-likeness (QED) is 0.693. The second kappa shape index (κ2) is 7.14. The van der Waals surface area contributed by atoms with Crippen LogP contribution in [0.25, 0.3) is 16.6 Å². The Balaban J connectivity index is 1.93. The van der Waals surface area contributed by atoms with Crippen molar-refractivity contribution in [2.24, 2.45) is 10.7 Å². The monoisotopic (exact) mass is 339 g/mol. The first-order chi connectivity index (χ1) is 11.7. The van der Waals surface area contributed by atoms with Crippen molar-refractivity contribution in [2.45, 2.75) is 13.3 Å². The number of pyridine rings is 2. The summed E-state index contributed by atoms with van der Waals surface area (Å²) in [6.45, 7) is 2.05. The minimum Gasteiger partial charge on any atom is -0.404 e. The van der Waals surface area contributed by atoms with Crippen molar-refractivity contribution < 1.29 is 0 Å². The van der Waals surface area contributed by atoms with Gasteiger partial charge in [-0.05, 0) is 24.6 Å². The summed E-state index contributed by atoms with van der Waals surface area (Å²) in [6.07, 6.45) is 5.82. The molecule has 3 heterocycles. The van der Waals surface area contributed by atoms with Gasteiger partial charge in [-0.25, -0.2) is 4.98 Å². The predicted octanol–water partition coefficient (Wildman–Crippen LogP) is 2.79. The molecule has 0 saturated heterocycles. The SMILES string of the molecule is CCc1nnc(Nc2ccc3ncc(C(C=NC)=CN)cc3n2)s1. The lowest BCUT2D eigenvalue weighted by atomic mass is 10.1. The summed E-state index contributed by atoms with van der Waals surface area (Å²) in [5.74, 6) is 0.697. The zero-order chi connectivity index (χ0) is 16.9. The van der Waals surface area contributed by atoms with Gasteiger partial charge in [0, 0.05) is 36.8 Å². The summed E-state index contributed by atoms with van der Waals surface area (Å²) in [4.78, 5) is 13.0. The zero-order valence-electron chi connectivity index (χ0n) is 13.4. The van der Waals surface area contributed by atoms with Gasteiger partial charge >= 0.3 is 0 Å². The second-order valence-electron chi connectivity index (χ2n) is 4.95. The van der Waals surface area contributed by atoms with E-state index < -0.39 is 0 Å². The third-order valence-electron chi connectivity index (χ3n) is 3.32. The first kappa shape index (κ1) is 16.0. The van der Waals surface area contributed by atoms with Crippen LogP contribution in [0.3, 0.4) is 0 Å². The lowest BCUT2D eigenvalue weighted by molar-refractivity contribution is 0.985. The van der Waals surface area contributed by atoms with Crippen molar-refractivity contribution >= 4 is 45.1 Å². The summed E-state index contributed by atoms with van der Waals surface area (Å²) in [5.41, 5.74) is 8.89. The van der Waals surface area contributed by atoms with Crippen LogP contribution in [0, 0.1) is 0 Å². The van der Waals surface area contributed by atoms with Crippen LogP contribution in [-0.4, -0.2) is 33.4 Å². The van der Waals surface area contributed by atoms with Crippen LogP contribution in [0.4, 0.5) is 10.9 Å². The lowest BCUT2D eigenvalue weighted by Gasteiger charge is -2.05. The highest BCUT2D eigenvalue weighted by atomic mass is 32.1. The van der Waals surface area contributed by atoms with Crippen molar-refractivity contribution in [3.05, 3.63) is 41.2 Å². The fraction of sp³-hybridized carbons (Fsp3) is 0.188. The van der Waals surface area contributed by atoms with E-state index in [0.29, 0.717) is 5.82 Å². The normalized spacial score (nSPS) is 12.2. The van der Waals surface area contributed by atoms with Crippen molar-refractivity contribution in [1.29, 1.82) is 0 Å². The smallest absolute Gasteiger partial charge is 0.211 e. The number of fused-ring (bicyclic) bond motifs is 1. The molecule has 0 amide bonds. The van der Waals surface area contributed by atoms with E-state index >= 15 is 0 Å². The average Bonchev–Trinajstić information content (AvgIpc) is 3.06. The number of aryl methyl sites for hydroxylation is 1. The molecule has 0 saturated carbocycles. The molecule has 0 fully saturated rings. The van der Waals surface area contributed by atoms with E-state index in [1.54, 1.807) is 19.5 Å². The Morgan fingerprint density at radius 2 is 2.21 bits per heavy atom. The maximum atomic E-state index is 5.65. The molecule has 3 N–H and O–H groups in total. The predicted molar refractivity (Wildman–Crippen MR) is 98.7 cm³/mol. The Hall–Kier alpha value is -2.87. The molecule has 0 radical (unpaired) electrons. The molecule has 0 aliphatic rings. The summed E-state index contributed by atoms with van der Waals surface area (Å²) in [6, 6.07) is 5.72. The van der Waals surface area contributed by atoms with Crippen LogP contribution in [0.15, 0.2) is 35.6 Å². The molecule has 3 aromatic heterocycles. The molecule has 24 heavy (non-hydrogen) atoms. The number of hydrogen-bond donors (Lipinski definition) is 2. The highest BCUT2D eigenvalue weighted by molar-refractivity contribution is 7.15. The number of nitrogens with zero attached hydrogens (tertiary/aromatic N) is 5. The molecule has 0 atom stereocenters. The number of hydrogen-bond acceptors (Lipinski definition) is 8. The van der Waals surface area contributed by atoms with E-state index in [-0.39, 0.29) is 0 Å². The molecule has 122 valence electrons. The summed E-state index contributed by atoms with van der Waals surface area (Å²) in [7, 11) is 1.70. The summed E-state index contributed by atoms with van der Waals surface area (Å²) < 4.78 is 0. The van der Waals surface area contributed by atoms with E-state index in [1.807, 2.05) is 25.1 Å². The molecule has 0 unspecified atom stereocenters. The molecule has 0 bridgehead atoms. The maximum absolute atomic E-state index is 5.65. The van der Waals surface area contributed by atoms with Gasteiger partial charge in [0.05, 0.1) is 11.0 Å². The highest BCUT2D eigenvalue weighted by Gasteiger charge is 2.07. The summed E-state index contributed by atoms with van der Waals surface area (Å²) >= 11 is 1.52. The van der Waals surface area contributed by atoms with Crippen LogP contribution in [-0.2, 0) is 6.42 Å². The summed E-state index contributed by atoms with van der Waals surface area (Å²) in [5, 5.41) is 13.1. The van der Waals surface area contributed by atoms with Crippen LogP contribution in [0.2, 0.25) is 0 Å². The number of allylic oxidation sites excluding steroid dienone is 1. The Labute approximate surface area is 143 Å². The van der Waals surface area contributed by atoms with E-state index in [1.165, 1.54) is 17.5 Å². The zero-order valence-corrected chi connectivity index (χ0v) is 14.2. The number of nitrogens with one attached hydrogen (secondary N) is 1. The van der Waals surface area contributed by atoms with Crippen molar-refractivity contribution in [3.8, 4) is 0 Å². The van der Waals surface area contributed by atoms with Gasteiger partial charge in [-0.15, -0.1) is 10.2 Å². The Morgan fingerprint density at radius 3 is 2.92 bits per heavy atom. The third-order valence-corrected chi connectivity index (χ3v) is 4.31. The van der Waals surface area contributed by atoms with E-state index in [4.69, 9.17) is 5.73 Å². The minimum absolute atomic E-state index is 0.697. The van der Waals surface area contributed by atoms with Crippen molar-refractivity contribution in [1.82, 2.24) is 20.2 Å². The standard InChI is InChI=1S/C16H17N7S/c1-3-15-22-23-16(24-15)21-14-5-4-12-13(20-14)6-10(9-19-12)11(7-17)8-18-2/h4-9H,3,17H2,1-2H3,(H,20,21,23). The van der Waals surface area contributed by atoms with Gasteiger partial charge in [0.1, 0.15) is 10.8 Å². The molecule has 0 aliphatic heterocycles. The molecular weight excluding hydrogens is 322 g/mol. The molecule has 8 heteroatoms. The second-order valence-corrected chi connectivity index (χ2v) is 6.01. The van der Waals surface area contributed by atoms with Crippen molar-refractivity contribution in [3.63, 3.8) is 0 Å². The van der Waals surface area contributed by atoms with Crippen molar-refractivity contribution in [2.75, 3.05) is 12.4 Å². The lowest BCUT2D eigenvalue weighted by Crippen LogP contribution is -1.96. The van der Waals surface area contributed by atoms with E-state index in [9.17, 15) is 0 Å². The van der Waals surface area contributed by atoms with Gasteiger partial charge < -0.3 is 11.1 Å². The highest BCUT2D eigenvalue weighted by Crippen LogP contribution is 2.22. The van der Waals surface area contributed by atoms with Gasteiger partial charge in [-0.1, -0.05) is 18.3 Å². The Bertz CT molecular complexity index is 914. The molecular formula is C16H17N7S. The van der Waals surface area contributed by atoms with Gasteiger partial charge in [0.25, 0.3) is 0 Å². The first-order valence-corrected chi connectivity index (χ1v) is 8.25. The Kier molecular flexibility index (Phi) is 4.76.